The van der Waals surface area contributed by atoms with Crippen LogP contribution in [0.3, 0.4) is 0 Å². The van der Waals surface area contributed by atoms with Crippen LogP contribution >= 0.6 is 0 Å². The first kappa shape index (κ1) is 10.8. The van der Waals surface area contributed by atoms with Gasteiger partial charge in [-0.15, -0.1) is 0 Å². The van der Waals surface area contributed by atoms with E-state index in [1.807, 2.05) is 6.07 Å². The summed E-state index contributed by atoms with van der Waals surface area (Å²) >= 11 is 0. The van der Waals surface area contributed by atoms with Crippen LogP contribution < -0.4 is 11.1 Å². The van der Waals surface area contributed by atoms with Gasteiger partial charge in [0.1, 0.15) is 17.7 Å². The minimum Gasteiger partial charge on any atom is -0.368 e. The van der Waals surface area contributed by atoms with Crippen molar-refractivity contribution >= 4 is 17.5 Å². The van der Waals surface area contributed by atoms with Crippen molar-refractivity contribution in [2.24, 2.45) is 0 Å². The number of halogens is 1. The molecule has 0 saturated carbocycles. The number of hydrogen-bond acceptors (Lipinski definition) is 5. The van der Waals surface area contributed by atoms with E-state index in [1.165, 1.54) is 18.3 Å². The summed E-state index contributed by atoms with van der Waals surface area (Å²) in [5, 5.41) is 11.7. The molecule has 0 spiro atoms. The number of nitrogens with two attached hydrogens (primary N) is 1. The fraction of sp³-hybridized carbons (Fsp3) is 0. The van der Waals surface area contributed by atoms with Crippen molar-refractivity contribution in [2.45, 2.75) is 0 Å². The maximum absolute atomic E-state index is 12.9. The zero-order chi connectivity index (χ0) is 12.3. The van der Waals surface area contributed by atoms with Crippen LogP contribution in [0.15, 0.2) is 30.5 Å². The van der Waals surface area contributed by atoms with Crippen molar-refractivity contribution in [1.29, 1.82) is 5.26 Å². The Balaban J connectivity index is 2.34. The fourth-order valence-corrected chi connectivity index (χ4v) is 1.30. The number of nitrogens with zero attached hydrogens (tertiary/aromatic N) is 3. The van der Waals surface area contributed by atoms with Crippen LogP contribution in [0.5, 0.6) is 0 Å². The number of anilines is 3. The van der Waals surface area contributed by atoms with Gasteiger partial charge in [0.05, 0.1) is 11.3 Å². The first-order valence-corrected chi connectivity index (χ1v) is 4.74. The molecule has 1 aromatic heterocycles. The van der Waals surface area contributed by atoms with Crippen molar-refractivity contribution in [3.63, 3.8) is 0 Å². The summed E-state index contributed by atoms with van der Waals surface area (Å²) in [6.45, 7) is 0. The van der Waals surface area contributed by atoms with E-state index in [2.05, 4.69) is 15.3 Å². The molecule has 0 saturated heterocycles. The van der Waals surface area contributed by atoms with Gasteiger partial charge in [-0.25, -0.2) is 9.37 Å². The van der Waals surface area contributed by atoms with Gasteiger partial charge in [-0.3, -0.25) is 0 Å². The molecule has 3 N–H and O–H groups in total. The van der Waals surface area contributed by atoms with Crippen molar-refractivity contribution in [3.05, 3.63) is 41.8 Å². The average molecular weight is 229 g/mol. The molecule has 0 aliphatic carbocycles. The maximum Gasteiger partial charge on any atom is 0.221 e. The average Bonchev–Trinajstić information content (AvgIpc) is 2.31. The molecular weight excluding hydrogens is 221 g/mol. The predicted octanol–water partition coefficient (Wildman–Crippen LogP) is 1.81. The molecule has 0 unspecified atom stereocenters. The summed E-state index contributed by atoms with van der Waals surface area (Å²) in [6.07, 6.45) is 1.49. The SMILES string of the molecule is N#Cc1cc(F)ccc1Nc1ccnc(N)n1. The normalized spacial score (nSPS) is 9.65. The molecule has 0 radical (unpaired) electrons. The van der Waals surface area contributed by atoms with Gasteiger partial charge >= 0.3 is 0 Å². The second-order valence-electron chi connectivity index (χ2n) is 3.23. The zero-order valence-electron chi connectivity index (χ0n) is 8.68. The van der Waals surface area contributed by atoms with Gasteiger partial charge in [-0.05, 0) is 24.3 Å². The lowest BCUT2D eigenvalue weighted by Gasteiger charge is -2.07. The Hall–Kier alpha value is -2.68. The van der Waals surface area contributed by atoms with Gasteiger partial charge in [0.2, 0.25) is 5.95 Å². The van der Waals surface area contributed by atoms with E-state index in [-0.39, 0.29) is 11.5 Å². The minimum atomic E-state index is -0.464. The van der Waals surface area contributed by atoms with Crippen LogP contribution in [0, 0.1) is 17.1 Å². The number of nitriles is 1. The Labute approximate surface area is 96.7 Å². The third-order valence-electron chi connectivity index (χ3n) is 2.04. The van der Waals surface area contributed by atoms with E-state index in [4.69, 9.17) is 11.0 Å². The molecule has 2 aromatic rings. The molecule has 0 bridgehead atoms. The van der Waals surface area contributed by atoms with E-state index in [0.29, 0.717) is 11.5 Å². The summed E-state index contributed by atoms with van der Waals surface area (Å²) in [7, 11) is 0. The van der Waals surface area contributed by atoms with Crippen LogP contribution in [-0.2, 0) is 0 Å². The monoisotopic (exact) mass is 229 g/mol. The molecule has 84 valence electrons. The summed E-state index contributed by atoms with van der Waals surface area (Å²) < 4.78 is 12.9. The Morgan fingerprint density at radius 1 is 1.35 bits per heavy atom. The van der Waals surface area contributed by atoms with Crippen molar-refractivity contribution < 1.29 is 4.39 Å². The highest BCUT2D eigenvalue weighted by Gasteiger charge is 2.04. The lowest BCUT2D eigenvalue weighted by atomic mass is 10.2. The highest BCUT2D eigenvalue weighted by Crippen LogP contribution is 2.20. The van der Waals surface area contributed by atoms with Crippen molar-refractivity contribution in [2.75, 3.05) is 11.1 Å². The molecule has 17 heavy (non-hydrogen) atoms. The maximum atomic E-state index is 12.9. The standard InChI is InChI=1S/C11H8FN5/c12-8-1-2-9(7(5-8)6-13)16-10-3-4-15-11(14)17-10/h1-5H,(H3,14,15,16,17). The summed E-state index contributed by atoms with van der Waals surface area (Å²) in [5.41, 5.74) is 6.08. The molecule has 0 aliphatic heterocycles. The molecule has 0 amide bonds. The van der Waals surface area contributed by atoms with Gasteiger partial charge in [0, 0.05) is 6.20 Å². The number of benzene rings is 1. The summed E-state index contributed by atoms with van der Waals surface area (Å²) in [5.74, 6) is 0.102. The van der Waals surface area contributed by atoms with Crippen molar-refractivity contribution in [1.82, 2.24) is 9.97 Å². The lowest BCUT2D eigenvalue weighted by Crippen LogP contribution is -2.00. The zero-order valence-corrected chi connectivity index (χ0v) is 8.68. The van der Waals surface area contributed by atoms with Crippen molar-refractivity contribution in [3.8, 4) is 6.07 Å². The van der Waals surface area contributed by atoms with E-state index in [0.717, 1.165) is 6.07 Å². The first-order chi connectivity index (χ1) is 8.19. The minimum absolute atomic E-state index is 0.121. The fourth-order valence-electron chi connectivity index (χ4n) is 1.30. The number of rotatable bonds is 2. The molecule has 1 aromatic carbocycles. The van der Waals surface area contributed by atoms with Gasteiger partial charge in [-0.1, -0.05) is 0 Å². The van der Waals surface area contributed by atoms with Crippen LogP contribution in [0.4, 0.5) is 21.8 Å². The summed E-state index contributed by atoms with van der Waals surface area (Å²) in [4.78, 5) is 7.66. The molecule has 1 heterocycles. The predicted molar refractivity (Wildman–Crippen MR) is 60.8 cm³/mol. The third kappa shape index (κ3) is 2.46. The number of aromatic nitrogens is 2. The summed E-state index contributed by atoms with van der Waals surface area (Å²) in [6, 6.07) is 7.36. The largest absolute Gasteiger partial charge is 0.368 e. The first-order valence-electron chi connectivity index (χ1n) is 4.74. The van der Waals surface area contributed by atoms with E-state index >= 15 is 0 Å². The van der Waals surface area contributed by atoms with Gasteiger partial charge in [0.25, 0.3) is 0 Å². The van der Waals surface area contributed by atoms with E-state index < -0.39 is 5.82 Å². The Bertz CT molecular complexity index is 591. The second kappa shape index (κ2) is 4.45. The molecule has 2 rings (SSSR count). The highest BCUT2D eigenvalue weighted by molar-refractivity contribution is 5.64. The Morgan fingerprint density at radius 3 is 2.88 bits per heavy atom. The lowest BCUT2D eigenvalue weighted by molar-refractivity contribution is 0.627. The third-order valence-corrected chi connectivity index (χ3v) is 2.04. The molecule has 5 nitrogen and oxygen atoms in total. The molecular formula is C11H8FN5. The quantitative estimate of drug-likeness (QED) is 0.819. The molecule has 0 atom stereocenters. The number of nitrogen functional groups attached to an aromatic ring is 1. The van der Waals surface area contributed by atoms with Crippen LogP contribution in [0.25, 0.3) is 0 Å². The van der Waals surface area contributed by atoms with Crippen LogP contribution in [-0.4, -0.2) is 9.97 Å². The van der Waals surface area contributed by atoms with Crippen LogP contribution in [0.2, 0.25) is 0 Å². The molecule has 0 aliphatic rings. The molecule has 0 fully saturated rings. The Morgan fingerprint density at radius 2 is 2.18 bits per heavy atom. The van der Waals surface area contributed by atoms with Gasteiger partial charge in [0.15, 0.2) is 0 Å². The second-order valence-corrected chi connectivity index (χ2v) is 3.23. The Kier molecular flexibility index (Phi) is 2.83. The highest BCUT2D eigenvalue weighted by atomic mass is 19.1. The topological polar surface area (TPSA) is 87.6 Å². The number of nitrogens with one attached hydrogen (secondary N) is 1. The van der Waals surface area contributed by atoms with Gasteiger partial charge < -0.3 is 11.1 Å². The van der Waals surface area contributed by atoms with Crippen LogP contribution in [0.1, 0.15) is 5.56 Å². The molecule has 6 heteroatoms. The van der Waals surface area contributed by atoms with Gasteiger partial charge in [-0.2, -0.15) is 10.2 Å². The van der Waals surface area contributed by atoms with E-state index in [9.17, 15) is 4.39 Å². The smallest absolute Gasteiger partial charge is 0.221 e. The van der Waals surface area contributed by atoms with E-state index in [1.54, 1.807) is 6.07 Å². The number of hydrogen-bond donors (Lipinski definition) is 2.